The quantitative estimate of drug-likeness (QED) is 0.162. The largest absolute Gasteiger partial charge is 0.496 e. The topological polar surface area (TPSA) is 121 Å². The first-order valence-corrected chi connectivity index (χ1v) is 11.1. The number of nitrogens with zero attached hydrogens (tertiary/aromatic N) is 2. The molecular weight excluding hydrogens is 505 g/mol. The number of nitrogens with two attached hydrogens (primary N) is 1. The van der Waals surface area contributed by atoms with E-state index in [1.165, 1.54) is 7.11 Å². The van der Waals surface area contributed by atoms with Crippen LogP contribution in [0.3, 0.4) is 0 Å². The third kappa shape index (κ3) is 8.44. The number of methoxy groups -OCH3 is 1. The van der Waals surface area contributed by atoms with Crippen molar-refractivity contribution in [1.29, 1.82) is 5.41 Å². The van der Waals surface area contributed by atoms with E-state index in [1.807, 2.05) is 4.90 Å². The number of ether oxygens (including phenoxy) is 2. The average molecular weight is 538 g/mol. The van der Waals surface area contributed by atoms with Gasteiger partial charge >= 0.3 is 5.97 Å². The van der Waals surface area contributed by atoms with Gasteiger partial charge in [-0.1, -0.05) is 0 Å². The molecule has 0 bridgehead atoms. The number of benzene rings is 2. The highest BCUT2D eigenvalue weighted by Gasteiger charge is 2.21. The van der Waals surface area contributed by atoms with Crippen molar-refractivity contribution in [2.45, 2.75) is 19.9 Å². The van der Waals surface area contributed by atoms with Gasteiger partial charge in [0, 0.05) is 55.6 Å². The van der Waals surface area contributed by atoms with Crippen molar-refractivity contribution in [2.24, 2.45) is 5.73 Å². The number of carbonyl (C=O) groups excluding carboxylic acids is 2. The number of hydrogen-bond donors (Lipinski definition) is 3. The number of anilines is 1. The molecule has 1 aliphatic heterocycles. The van der Waals surface area contributed by atoms with Crippen LogP contribution < -0.4 is 20.5 Å². The fourth-order valence-corrected chi connectivity index (χ4v) is 3.63. The third-order valence-corrected chi connectivity index (χ3v) is 5.58. The number of halogens is 2. The molecule has 0 spiro atoms. The normalized spacial score (nSPS) is 13.5. The Bertz CT molecular complexity index is 1070. The Hall–Kier alpha value is -3.27. The molecule has 1 heterocycles. The first-order chi connectivity index (χ1) is 16.3. The molecular formula is C25H33Cl2N5O4. The molecule has 0 atom stereocenters. The summed E-state index contributed by atoms with van der Waals surface area (Å²) in [4.78, 5) is 29.3. The first-order valence-electron chi connectivity index (χ1n) is 11.1. The van der Waals surface area contributed by atoms with E-state index in [0.29, 0.717) is 47.4 Å². The highest BCUT2D eigenvalue weighted by molar-refractivity contribution is 5.94. The number of rotatable bonds is 7. The fraction of sp³-hybridized carbons (Fsp3) is 0.320. The molecule has 0 saturated carbocycles. The van der Waals surface area contributed by atoms with Gasteiger partial charge in [-0.2, -0.15) is 0 Å². The molecule has 1 saturated heterocycles. The lowest BCUT2D eigenvalue weighted by molar-refractivity contribution is -0.127. The van der Waals surface area contributed by atoms with Crippen LogP contribution in [-0.4, -0.2) is 67.0 Å². The van der Waals surface area contributed by atoms with Crippen LogP contribution in [0.2, 0.25) is 0 Å². The maximum atomic E-state index is 12.6. The van der Waals surface area contributed by atoms with Gasteiger partial charge in [0.05, 0.1) is 12.7 Å². The van der Waals surface area contributed by atoms with Gasteiger partial charge in [0.1, 0.15) is 11.5 Å². The monoisotopic (exact) mass is 537 g/mol. The van der Waals surface area contributed by atoms with Gasteiger partial charge in [-0.05, 0) is 56.3 Å². The minimum absolute atomic E-state index is 0. The highest BCUT2D eigenvalue weighted by atomic mass is 35.5. The van der Waals surface area contributed by atoms with Crippen molar-refractivity contribution >= 4 is 54.4 Å². The summed E-state index contributed by atoms with van der Waals surface area (Å²) in [5.74, 6) is 0.0483. The maximum Gasteiger partial charge on any atom is 0.343 e. The van der Waals surface area contributed by atoms with E-state index >= 15 is 0 Å². The van der Waals surface area contributed by atoms with Gasteiger partial charge in [-0.25, -0.2) is 4.79 Å². The number of piperazine rings is 1. The zero-order valence-corrected chi connectivity index (χ0v) is 22.2. The maximum absolute atomic E-state index is 12.6. The van der Waals surface area contributed by atoms with Crippen molar-refractivity contribution in [3.63, 3.8) is 0 Å². The minimum atomic E-state index is -0.532. The molecule has 1 fully saturated rings. The summed E-state index contributed by atoms with van der Waals surface area (Å²) in [6.45, 7) is 7.48. The fourth-order valence-electron chi connectivity index (χ4n) is 3.63. The SMILES string of the molecule is COc1cc(OC(=O)c2ccc(NC(=N)N)cc2)ccc1/C=C/C(=O)N1CCN(C(C)C)CC1.Cl.Cl. The van der Waals surface area contributed by atoms with E-state index in [9.17, 15) is 9.59 Å². The summed E-state index contributed by atoms with van der Waals surface area (Å²) < 4.78 is 10.9. The highest BCUT2D eigenvalue weighted by Crippen LogP contribution is 2.27. The number of carbonyl (C=O) groups is 2. The Kier molecular flexibility index (Phi) is 12.2. The third-order valence-electron chi connectivity index (χ3n) is 5.58. The van der Waals surface area contributed by atoms with E-state index in [0.717, 1.165) is 13.1 Å². The molecule has 11 heteroatoms. The predicted molar refractivity (Wildman–Crippen MR) is 147 cm³/mol. The van der Waals surface area contributed by atoms with Crippen LogP contribution in [0.25, 0.3) is 6.08 Å². The summed E-state index contributed by atoms with van der Waals surface area (Å²) in [7, 11) is 1.52. The number of nitrogens with one attached hydrogen (secondary N) is 2. The Balaban J connectivity index is 0.00000324. The zero-order chi connectivity index (χ0) is 24.7. The Morgan fingerprint density at radius 3 is 2.25 bits per heavy atom. The molecule has 36 heavy (non-hydrogen) atoms. The summed E-state index contributed by atoms with van der Waals surface area (Å²) in [6.07, 6.45) is 3.26. The van der Waals surface area contributed by atoms with Crippen LogP contribution >= 0.6 is 24.8 Å². The summed E-state index contributed by atoms with van der Waals surface area (Å²) >= 11 is 0. The summed E-state index contributed by atoms with van der Waals surface area (Å²) in [5, 5.41) is 9.88. The molecule has 0 aromatic heterocycles. The molecule has 1 aliphatic rings. The second kappa shape index (κ2) is 14.3. The van der Waals surface area contributed by atoms with Gasteiger partial charge in [-0.3, -0.25) is 15.1 Å². The van der Waals surface area contributed by atoms with Crippen LogP contribution in [-0.2, 0) is 4.79 Å². The van der Waals surface area contributed by atoms with E-state index in [1.54, 1.807) is 54.6 Å². The summed E-state index contributed by atoms with van der Waals surface area (Å²) in [5.41, 5.74) is 6.94. The number of amides is 1. The summed E-state index contributed by atoms with van der Waals surface area (Å²) in [6, 6.07) is 11.9. The second-order valence-electron chi connectivity index (χ2n) is 8.20. The molecule has 2 aromatic rings. The van der Waals surface area contributed by atoms with Crippen molar-refractivity contribution in [1.82, 2.24) is 9.80 Å². The lowest BCUT2D eigenvalue weighted by atomic mass is 10.1. The second-order valence-corrected chi connectivity index (χ2v) is 8.20. The van der Waals surface area contributed by atoms with Crippen LogP contribution in [0.15, 0.2) is 48.5 Å². The average Bonchev–Trinajstić information content (AvgIpc) is 2.83. The molecule has 0 radical (unpaired) electrons. The molecule has 4 N–H and O–H groups in total. The Labute approximate surface area is 223 Å². The number of guanidine groups is 1. The lowest BCUT2D eigenvalue weighted by Gasteiger charge is -2.36. The molecule has 9 nitrogen and oxygen atoms in total. The molecule has 196 valence electrons. The molecule has 2 aromatic carbocycles. The van der Waals surface area contributed by atoms with E-state index in [4.69, 9.17) is 20.6 Å². The van der Waals surface area contributed by atoms with Crippen LogP contribution in [0.5, 0.6) is 11.5 Å². The van der Waals surface area contributed by atoms with Crippen LogP contribution in [0.1, 0.15) is 29.8 Å². The standard InChI is InChI=1S/C25H31N5O4.2ClH/c1-17(2)29-12-14-30(15-13-29)23(31)11-7-18-6-10-21(16-22(18)33-3)34-24(32)19-4-8-20(9-5-19)28-25(26)27;;/h4-11,16-17H,12-15H2,1-3H3,(H4,26,27,28);2*1H/b11-7+;;. The van der Waals surface area contributed by atoms with E-state index in [-0.39, 0.29) is 36.7 Å². The first kappa shape index (κ1) is 30.8. The van der Waals surface area contributed by atoms with Gasteiger partial charge in [-0.15, -0.1) is 24.8 Å². The number of hydrogen-bond acceptors (Lipinski definition) is 6. The molecule has 0 aliphatic carbocycles. The minimum Gasteiger partial charge on any atom is -0.496 e. The lowest BCUT2D eigenvalue weighted by Crippen LogP contribution is -2.50. The van der Waals surface area contributed by atoms with Gasteiger partial charge in [0.25, 0.3) is 0 Å². The molecule has 3 rings (SSSR count). The molecule has 0 unspecified atom stereocenters. The van der Waals surface area contributed by atoms with Crippen molar-refractivity contribution in [3.05, 3.63) is 59.7 Å². The van der Waals surface area contributed by atoms with E-state index < -0.39 is 5.97 Å². The smallest absolute Gasteiger partial charge is 0.343 e. The zero-order valence-electron chi connectivity index (χ0n) is 20.5. The van der Waals surface area contributed by atoms with Crippen molar-refractivity contribution in [3.8, 4) is 11.5 Å². The van der Waals surface area contributed by atoms with Crippen molar-refractivity contribution in [2.75, 3.05) is 38.6 Å². The molecule has 1 amide bonds. The van der Waals surface area contributed by atoms with Crippen molar-refractivity contribution < 1.29 is 19.1 Å². The number of esters is 1. The Morgan fingerprint density at radius 2 is 1.69 bits per heavy atom. The Morgan fingerprint density at radius 1 is 1.06 bits per heavy atom. The predicted octanol–water partition coefficient (Wildman–Crippen LogP) is 3.63. The van der Waals surface area contributed by atoms with Gasteiger partial charge in [0.2, 0.25) is 5.91 Å². The van der Waals surface area contributed by atoms with Crippen LogP contribution in [0, 0.1) is 5.41 Å². The van der Waals surface area contributed by atoms with E-state index in [2.05, 4.69) is 24.1 Å². The van der Waals surface area contributed by atoms with Gasteiger partial charge < -0.3 is 25.4 Å². The van der Waals surface area contributed by atoms with Gasteiger partial charge in [0.15, 0.2) is 5.96 Å². The van der Waals surface area contributed by atoms with Crippen LogP contribution in [0.4, 0.5) is 5.69 Å².